The molecule has 0 aromatic heterocycles. The number of unbranched alkanes of at least 4 members (excludes halogenated alkanes) is 54. The zero-order valence-electron chi connectivity index (χ0n) is 57.4. The van der Waals surface area contributed by atoms with E-state index in [1.54, 1.807) is 0 Å². The molecule has 0 spiro atoms. The number of carbonyl (C=O) groups is 1. The maximum Gasteiger partial charge on any atom is 0.268 e. The minimum absolute atomic E-state index is 0.0148. The topological polar surface area (TPSA) is 108 Å². The lowest BCUT2D eigenvalue weighted by Gasteiger charge is -2.30. The summed E-state index contributed by atoms with van der Waals surface area (Å²) in [5.74, 6) is -0.156. The third kappa shape index (κ3) is 68.5. The SMILES string of the molecule is CCCCCCCCCCCCCCC/C=C\C/C=C\CCCCCCCCCCCCCCCCCCCC(=O)NC(COP(=O)([O-])OCC[N+](C)(C)C)C(O)CCCCCCCCCCCCCCCCCCCCCCCCCCC. The minimum Gasteiger partial charge on any atom is -0.756 e. The molecule has 8 nitrogen and oxygen atoms in total. The van der Waals surface area contributed by atoms with Crippen LogP contribution in [0.2, 0.25) is 0 Å². The number of rotatable bonds is 71. The molecule has 0 bridgehead atoms. The third-order valence-corrected chi connectivity index (χ3v) is 18.7. The second-order valence-electron chi connectivity index (χ2n) is 27.4. The molecule has 0 radical (unpaired) electrons. The molecule has 2 N–H and O–H groups in total. The van der Waals surface area contributed by atoms with Crippen LogP contribution >= 0.6 is 7.82 Å². The molecule has 0 aromatic rings. The smallest absolute Gasteiger partial charge is 0.268 e. The Morgan fingerprint density at radius 3 is 0.988 bits per heavy atom. The molecule has 0 aliphatic rings. The molecular weight excluding hydrogens is 1060 g/mol. The Morgan fingerprint density at radius 2 is 0.690 bits per heavy atom. The Bertz CT molecular complexity index is 1420. The summed E-state index contributed by atoms with van der Waals surface area (Å²) in [5, 5.41) is 14.1. The molecule has 0 aliphatic heterocycles. The van der Waals surface area contributed by atoms with E-state index in [4.69, 9.17) is 9.05 Å². The van der Waals surface area contributed by atoms with E-state index in [-0.39, 0.29) is 19.1 Å². The Kier molecular flexibility index (Phi) is 65.6. The van der Waals surface area contributed by atoms with E-state index in [1.807, 2.05) is 21.1 Å². The predicted molar refractivity (Wildman–Crippen MR) is 367 cm³/mol. The van der Waals surface area contributed by atoms with Crippen molar-refractivity contribution in [2.24, 2.45) is 0 Å². The second kappa shape index (κ2) is 66.4. The summed E-state index contributed by atoms with van der Waals surface area (Å²) in [7, 11) is 1.33. The highest BCUT2D eigenvalue weighted by molar-refractivity contribution is 7.45. The van der Waals surface area contributed by atoms with Gasteiger partial charge in [0.05, 0.1) is 39.9 Å². The number of hydrogen-bond donors (Lipinski definition) is 2. The minimum atomic E-state index is -4.58. The molecule has 3 unspecified atom stereocenters. The second-order valence-corrected chi connectivity index (χ2v) is 28.8. The zero-order valence-corrected chi connectivity index (χ0v) is 58.3. The van der Waals surface area contributed by atoms with Crippen LogP contribution < -0.4 is 10.2 Å². The normalized spacial score (nSPS) is 13.7. The van der Waals surface area contributed by atoms with Crippen LogP contribution in [0.15, 0.2) is 24.3 Å². The van der Waals surface area contributed by atoms with Gasteiger partial charge in [-0.15, -0.1) is 0 Å². The Hall–Kier alpha value is -1.02. The number of aliphatic hydroxyl groups excluding tert-OH is 1. The van der Waals surface area contributed by atoms with Crippen LogP contribution in [-0.4, -0.2) is 68.5 Å². The Morgan fingerprint density at radius 1 is 0.417 bits per heavy atom. The fourth-order valence-corrected chi connectivity index (χ4v) is 12.6. The molecule has 84 heavy (non-hydrogen) atoms. The monoisotopic (exact) mass is 1210 g/mol. The molecule has 0 fully saturated rings. The standard InChI is InChI=1S/C75H149N2O6P/c1-6-8-10-12-14-16-18-20-22-24-26-28-30-32-33-34-35-36-37-38-39-40-41-42-43-45-47-49-51-53-55-57-59-61-63-65-67-69-75(79)76-73(72-83-84(80,81)82-71-70-77(3,4)5)74(78)68-66-64-62-60-58-56-54-52-50-48-46-44-31-29-27-25-23-21-19-17-15-13-11-9-7-2/h33-34,36-37,73-74,78H,6-32,35,38-72H2,1-5H3,(H-,76,79,80,81)/b34-33-,37-36-. The first-order valence-corrected chi connectivity index (χ1v) is 39.1. The average Bonchev–Trinajstić information content (AvgIpc) is 3.56. The lowest BCUT2D eigenvalue weighted by atomic mass is 10.0. The van der Waals surface area contributed by atoms with Crippen molar-refractivity contribution in [1.29, 1.82) is 0 Å². The molecule has 0 rings (SSSR count). The molecular formula is C75H149N2O6P. The fraction of sp³-hybridized carbons (Fsp3) is 0.933. The first-order chi connectivity index (χ1) is 41.0. The third-order valence-electron chi connectivity index (χ3n) is 17.7. The number of hydrogen-bond acceptors (Lipinski definition) is 6. The van der Waals surface area contributed by atoms with Crippen LogP contribution in [-0.2, 0) is 18.4 Å². The first-order valence-electron chi connectivity index (χ1n) is 37.7. The van der Waals surface area contributed by atoms with Gasteiger partial charge in [0.15, 0.2) is 0 Å². The van der Waals surface area contributed by atoms with Crippen molar-refractivity contribution >= 4 is 13.7 Å². The molecule has 0 aliphatic carbocycles. The van der Waals surface area contributed by atoms with Crippen LogP contribution in [0.3, 0.4) is 0 Å². The van der Waals surface area contributed by atoms with Gasteiger partial charge in [0.2, 0.25) is 5.91 Å². The van der Waals surface area contributed by atoms with Crippen LogP contribution in [0.1, 0.15) is 399 Å². The number of phosphoric ester groups is 1. The van der Waals surface area contributed by atoms with Crippen molar-refractivity contribution in [2.75, 3.05) is 40.9 Å². The van der Waals surface area contributed by atoms with Crippen molar-refractivity contribution in [2.45, 2.75) is 411 Å². The number of carbonyl (C=O) groups excluding carboxylic acids is 1. The molecule has 0 aromatic carbocycles. The maximum atomic E-state index is 13.1. The summed E-state index contributed by atoms with van der Waals surface area (Å²) in [4.78, 5) is 25.7. The van der Waals surface area contributed by atoms with E-state index >= 15 is 0 Å². The van der Waals surface area contributed by atoms with Crippen molar-refractivity contribution in [3.8, 4) is 0 Å². The number of likely N-dealkylation sites (N-methyl/N-ethyl adjacent to an activating group) is 1. The van der Waals surface area contributed by atoms with E-state index in [1.165, 1.54) is 327 Å². The molecule has 9 heteroatoms. The predicted octanol–water partition coefficient (Wildman–Crippen LogP) is 23.6. The number of allylic oxidation sites excluding steroid dienone is 4. The summed E-state index contributed by atoms with van der Waals surface area (Å²) in [6.45, 7) is 4.79. The van der Waals surface area contributed by atoms with E-state index in [0.717, 1.165) is 44.9 Å². The number of nitrogens with zero attached hydrogens (tertiary/aromatic N) is 1. The largest absolute Gasteiger partial charge is 0.756 e. The summed E-state index contributed by atoms with van der Waals surface area (Å²) < 4.78 is 23.6. The Balaban J connectivity index is 3.94. The number of phosphoric acid groups is 1. The molecule has 0 saturated heterocycles. The van der Waals surface area contributed by atoms with Gasteiger partial charge in [-0.25, -0.2) is 0 Å². The summed E-state index contributed by atoms with van der Waals surface area (Å²) in [5.41, 5.74) is 0. The zero-order chi connectivity index (χ0) is 61.2. The number of nitrogens with one attached hydrogen (secondary N) is 1. The summed E-state index contributed by atoms with van der Waals surface area (Å²) in [6, 6.07) is -0.800. The number of aliphatic hydroxyl groups is 1. The summed E-state index contributed by atoms with van der Waals surface area (Å²) >= 11 is 0. The molecule has 0 heterocycles. The average molecular weight is 1210 g/mol. The van der Waals surface area contributed by atoms with Crippen LogP contribution in [0.25, 0.3) is 0 Å². The molecule has 1 amide bonds. The highest BCUT2D eigenvalue weighted by Gasteiger charge is 2.24. The quantitative estimate of drug-likeness (QED) is 0.0272. The van der Waals surface area contributed by atoms with Gasteiger partial charge in [0, 0.05) is 6.42 Å². The van der Waals surface area contributed by atoms with E-state index in [9.17, 15) is 19.4 Å². The Labute approximate surface area is 525 Å². The van der Waals surface area contributed by atoms with Gasteiger partial charge < -0.3 is 28.8 Å². The van der Waals surface area contributed by atoms with Crippen molar-refractivity contribution in [1.82, 2.24) is 5.32 Å². The maximum absolute atomic E-state index is 13.1. The highest BCUT2D eigenvalue weighted by Crippen LogP contribution is 2.38. The van der Waals surface area contributed by atoms with Gasteiger partial charge in [-0.1, -0.05) is 372 Å². The van der Waals surface area contributed by atoms with Crippen LogP contribution in [0, 0.1) is 0 Å². The van der Waals surface area contributed by atoms with Gasteiger partial charge in [-0.3, -0.25) is 9.36 Å². The lowest BCUT2D eigenvalue weighted by molar-refractivity contribution is -0.870. The van der Waals surface area contributed by atoms with Gasteiger partial charge >= 0.3 is 0 Å². The highest BCUT2D eigenvalue weighted by atomic mass is 31.2. The molecule has 3 atom stereocenters. The van der Waals surface area contributed by atoms with E-state index in [0.29, 0.717) is 23.9 Å². The number of quaternary nitrogens is 1. The van der Waals surface area contributed by atoms with Crippen molar-refractivity contribution in [3.05, 3.63) is 24.3 Å². The van der Waals surface area contributed by atoms with Crippen LogP contribution in [0.5, 0.6) is 0 Å². The van der Waals surface area contributed by atoms with Crippen molar-refractivity contribution < 1.29 is 32.9 Å². The van der Waals surface area contributed by atoms with E-state index in [2.05, 4.69) is 43.5 Å². The van der Waals surface area contributed by atoms with Gasteiger partial charge in [-0.05, 0) is 44.9 Å². The van der Waals surface area contributed by atoms with E-state index < -0.39 is 20.0 Å². The summed E-state index contributed by atoms with van der Waals surface area (Å²) in [6.07, 6.45) is 87.1. The van der Waals surface area contributed by atoms with Crippen LogP contribution in [0.4, 0.5) is 0 Å². The van der Waals surface area contributed by atoms with Crippen molar-refractivity contribution in [3.63, 3.8) is 0 Å². The number of amides is 1. The van der Waals surface area contributed by atoms with Gasteiger partial charge in [-0.2, -0.15) is 0 Å². The first kappa shape index (κ1) is 83.0. The molecule has 500 valence electrons. The van der Waals surface area contributed by atoms with Gasteiger partial charge in [0.25, 0.3) is 7.82 Å². The van der Waals surface area contributed by atoms with Gasteiger partial charge in [0.1, 0.15) is 13.2 Å². The lowest BCUT2D eigenvalue weighted by Crippen LogP contribution is -2.46. The fourth-order valence-electron chi connectivity index (χ4n) is 11.8. The molecule has 0 saturated carbocycles.